The van der Waals surface area contributed by atoms with Crippen LogP contribution in [0.3, 0.4) is 0 Å². The van der Waals surface area contributed by atoms with Gasteiger partial charge in [-0.2, -0.15) is 22.0 Å². The summed E-state index contributed by atoms with van der Waals surface area (Å²) in [7, 11) is 0. The lowest BCUT2D eigenvalue weighted by Gasteiger charge is -2.31. The van der Waals surface area contributed by atoms with Crippen LogP contribution >= 0.6 is 0 Å². The molecule has 0 saturated heterocycles. The first-order valence-electron chi connectivity index (χ1n) is 5.47. The lowest BCUT2D eigenvalue weighted by Crippen LogP contribution is -2.54. The van der Waals surface area contributed by atoms with Crippen LogP contribution < -0.4 is 0 Å². The Balaban J connectivity index is 2.85. The Morgan fingerprint density at radius 2 is 1.65 bits per heavy atom. The molecule has 2 nitrogen and oxygen atoms in total. The zero-order chi connectivity index (χ0) is 13.3. The van der Waals surface area contributed by atoms with E-state index in [1.165, 1.54) is 6.92 Å². The van der Waals surface area contributed by atoms with E-state index in [0.29, 0.717) is 17.7 Å². The number of hydrogen-bond acceptors (Lipinski definition) is 1. The van der Waals surface area contributed by atoms with Crippen molar-refractivity contribution in [2.24, 2.45) is 0 Å². The van der Waals surface area contributed by atoms with Crippen molar-refractivity contribution < 1.29 is 26.7 Å². The maximum absolute atomic E-state index is 12.9. The molecule has 100 valence electrons. The van der Waals surface area contributed by atoms with Crippen LogP contribution in [0.5, 0.6) is 0 Å². The predicted molar refractivity (Wildman–Crippen MR) is 50.6 cm³/mol. The summed E-state index contributed by atoms with van der Waals surface area (Å²) in [5.74, 6) is -7.41. The number of carbonyl (C=O) groups excluding carboxylic acids is 1. The molecule has 1 fully saturated rings. The molecule has 1 amide bonds. The second-order valence-corrected chi connectivity index (χ2v) is 4.10. The van der Waals surface area contributed by atoms with Gasteiger partial charge >= 0.3 is 18.0 Å². The quantitative estimate of drug-likeness (QED) is 0.713. The first-order chi connectivity index (χ1) is 7.71. The van der Waals surface area contributed by atoms with E-state index in [4.69, 9.17) is 0 Å². The molecule has 0 aliphatic heterocycles. The molecule has 0 aromatic carbocycles. The molecule has 0 aromatic heterocycles. The molecule has 1 rings (SSSR count). The normalized spacial score (nSPS) is 18.5. The zero-order valence-corrected chi connectivity index (χ0v) is 9.36. The largest absolute Gasteiger partial charge is 0.463 e. The fourth-order valence-corrected chi connectivity index (χ4v) is 2.09. The second kappa shape index (κ2) is 4.78. The molecule has 1 saturated carbocycles. The summed E-state index contributed by atoms with van der Waals surface area (Å²) in [5.41, 5.74) is 0. The van der Waals surface area contributed by atoms with Crippen molar-refractivity contribution in [3.8, 4) is 0 Å². The van der Waals surface area contributed by atoms with Gasteiger partial charge in [0, 0.05) is 12.6 Å². The predicted octanol–water partition coefficient (Wildman–Crippen LogP) is 2.98. The van der Waals surface area contributed by atoms with Crippen molar-refractivity contribution in [2.45, 2.75) is 50.7 Å². The topological polar surface area (TPSA) is 20.3 Å². The second-order valence-electron chi connectivity index (χ2n) is 4.10. The van der Waals surface area contributed by atoms with Crippen LogP contribution in [-0.4, -0.2) is 35.5 Å². The average molecular weight is 259 g/mol. The number of carbonyl (C=O) groups is 1. The third-order valence-corrected chi connectivity index (χ3v) is 2.99. The van der Waals surface area contributed by atoms with E-state index in [9.17, 15) is 26.7 Å². The Morgan fingerprint density at radius 1 is 1.18 bits per heavy atom. The Labute approximate surface area is 95.8 Å². The molecule has 0 spiro atoms. The number of amides is 1. The number of halogens is 5. The lowest BCUT2D eigenvalue weighted by atomic mass is 10.1. The SMILES string of the molecule is CCN(C(=O)C(F)(F)C(F)(F)F)C1CCCC1. The number of alkyl halides is 5. The first kappa shape index (κ1) is 14.2. The highest BCUT2D eigenvalue weighted by Gasteiger charge is 2.64. The van der Waals surface area contributed by atoms with Crippen molar-refractivity contribution in [1.82, 2.24) is 4.90 Å². The summed E-state index contributed by atoms with van der Waals surface area (Å²) in [6.07, 6.45) is -3.32. The van der Waals surface area contributed by atoms with Gasteiger partial charge in [0.15, 0.2) is 0 Å². The number of rotatable bonds is 3. The van der Waals surface area contributed by atoms with Crippen LogP contribution in [0.1, 0.15) is 32.6 Å². The summed E-state index contributed by atoms with van der Waals surface area (Å²) >= 11 is 0. The third kappa shape index (κ3) is 2.69. The van der Waals surface area contributed by atoms with Crippen LogP contribution in [0.4, 0.5) is 22.0 Å². The molecule has 0 heterocycles. The van der Waals surface area contributed by atoms with Crippen molar-refractivity contribution >= 4 is 5.91 Å². The molecule has 17 heavy (non-hydrogen) atoms. The van der Waals surface area contributed by atoms with Crippen LogP contribution in [0.15, 0.2) is 0 Å². The minimum atomic E-state index is -5.82. The smallest absolute Gasteiger partial charge is 0.334 e. The summed E-state index contributed by atoms with van der Waals surface area (Å²) in [5, 5.41) is 0. The van der Waals surface area contributed by atoms with Gasteiger partial charge in [0.25, 0.3) is 0 Å². The summed E-state index contributed by atoms with van der Waals surface area (Å²) in [6.45, 7) is 1.28. The minimum Gasteiger partial charge on any atom is -0.334 e. The monoisotopic (exact) mass is 259 g/mol. The average Bonchev–Trinajstić information content (AvgIpc) is 2.70. The van der Waals surface area contributed by atoms with Gasteiger partial charge in [-0.3, -0.25) is 4.79 Å². The van der Waals surface area contributed by atoms with Crippen molar-refractivity contribution in [1.29, 1.82) is 0 Å². The molecule has 0 aromatic rings. The van der Waals surface area contributed by atoms with E-state index in [1.54, 1.807) is 0 Å². The Morgan fingerprint density at radius 3 is 2.00 bits per heavy atom. The third-order valence-electron chi connectivity index (χ3n) is 2.99. The fraction of sp³-hybridized carbons (Fsp3) is 0.900. The van der Waals surface area contributed by atoms with Gasteiger partial charge in [-0.15, -0.1) is 0 Å². The summed E-state index contributed by atoms with van der Waals surface area (Å²) in [6, 6.07) is -0.485. The van der Waals surface area contributed by atoms with E-state index in [2.05, 4.69) is 0 Å². The molecule has 1 aliphatic carbocycles. The highest BCUT2D eigenvalue weighted by molar-refractivity contribution is 5.84. The molecular formula is C10H14F5NO. The molecule has 0 atom stereocenters. The lowest BCUT2D eigenvalue weighted by molar-refractivity contribution is -0.275. The zero-order valence-electron chi connectivity index (χ0n) is 9.36. The molecule has 0 N–H and O–H groups in total. The van der Waals surface area contributed by atoms with Crippen LogP contribution in [-0.2, 0) is 4.79 Å². The van der Waals surface area contributed by atoms with Crippen molar-refractivity contribution in [3.63, 3.8) is 0 Å². The Bertz CT molecular complexity index is 283. The summed E-state index contributed by atoms with van der Waals surface area (Å²) < 4.78 is 62.0. The van der Waals surface area contributed by atoms with Crippen LogP contribution in [0.2, 0.25) is 0 Å². The standard InChI is InChI=1S/C10H14F5NO/c1-2-16(7-5-3-4-6-7)8(17)9(11,12)10(13,14)15/h7H,2-6H2,1H3. The van der Waals surface area contributed by atoms with Crippen molar-refractivity contribution in [2.75, 3.05) is 6.54 Å². The molecule has 0 radical (unpaired) electrons. The Kier molecular flexibility index (Phi) is 3.99. The van der Waals surface area contributed by atoms with E-state index in [0.717, 1.165) is 12.8 Å². The highest BCUT2D eigenvalue weighted by atomic mass is 19.4. The molecule has 0 bridgehead atoms. The van der Waals surface area contributed by atoms with Crippen LogP contribution in [0.25, 0.3) is 0 Å². The number of nitrogens with zero attached hydrogens (tertiary/aromatic N) is 1. The molecular weight excluding hydrogens is 245 g/mol. The van der Waals surface area contributed by atoms with E-state index in [1.807, 2.05) is 0 Å². The van der Waals surface area contributed by atoms with Gasteiger partial charge in [0.05, 0.1) is 0 Å². The summed E-state index contributed by atoms with van der Waals surface area (Å²) in [4.78, 5) is 11.9. The van der Waals surface area contributed by atoms with Crippen LogP contribution in [0, 0.1) is 0 Å². The first-order valence-corrected chi connectivity index (χ1v) is 5.47. The van der Waals surface area contributed by atoms with Gasteiger partial charge in [0.2, 0.25) is 0 Å². The van der Waals surface area contributed by atoms with Crippen molar-refractivity contribution in [3.05, 3.63) is 0 Å². The van der Waals surface area contributed by atoms with Gasteiger partial charge in [-0.05, 0) is 19.8 Å². The minimum absolute atomic E-state index is 0.130. The van der Waals surface area contributed by atoms with Gasteiger partial charge < -0.3 is 4.90 Å². The maximum atomic E-state index is 12.9. The highest BCUT2D eigenvalue weighted by Crippen LogP contribution is 2.38. The molecule has 0 unspecified atom stereocenters. The van der Waals surface area contributed by atoms with Gasteiger partial charge in [-0.25, -0.2) is 0 Å². The fourth-order valence-electron chi connectivity index (χ4n) is 2.09. The molecule has 7 heteroatoms. The van der Waals surface area contributed by atoms with E-state index >= 15 is 0 Å². The van der Waals surface area contributed by atoms with Gasteiger partial charge in [0.1, 0.15) is 0 Å². The molecule has 1 aliphatic rings. The van der Waals surface area contributed by atoms with E-state index < -0.39 is 24.0 Å². The number of hydrogen-bond donors (Lipinski definition) is 0. The maximum Gasteiger partial charge on any atom is 0.463 e. The van der Waals surface area contributed by atoms with E-state index in [-0.39, 0.29) is 6.54 Å². The Hall–Kier alpha value is -0.880. The van der Waals surface area contributed by atoms with Gasteiger partial charge in [-0.1, -0.05) is 12.8 Å².